The van der Waals surface area contributed by atoms with E-state index in [0.717, 1.165) is 23.3 Å². The largest absolute Gasteiger partial charge is 0.388 e. The van der Waals surface area contributed by atoms with Crippen LogP contribution in [-0.4, -0.2) is 5.11 Å². The van der Waals surface area contributed by atoms with Crippen LogP contribution in [0.3, 0.4) is 0 Å². The molecule has 0 aromatic carbocycles. The first-order valence-corrected chi connectivity index (χ1v) is 4.94. The fourth-order valence-corrected chi connectivity index (χ4v) is 1.75. The average Bonchev–Trinajstić information content (AvgIpc) is 2.51. The van der Waals surface area contributed by atoms with Gasteiger partial charge in [-0.1, -0.05) is 11.6 Å². The van der Waals surface area contributed by atoms with Crippen LogP contribution >= 0.6 is 11.3 Å². The molecule has 1 unspecified atom stereocenters. The van der Waals surface area contributed by atoms with E-state index in [9.17, 15) is 5.11 Å². The number of hydrogen-bond acceptors (Lipinski definition) is 2. The number of allylic oxidation sites excluding steroid dienone is 1. The van der Waals surface area contributed by atoms with Gasteiger partial charge < -0.3 is 5.11 Å². The van der Waals surface area contributed by atoms with Crippen molar-refractivity contribution >= 4 is 11.3 Å². The Bertz CT molecular complexity index is 238. The maximum atomic E-state index is 9.63. The van der Waals surface area contributed by atoms with Gasteiger partial charge in [0.25, 0.3) is 0 Å². The molecule has 0 saturated carbocycles. The van der Waals surface area contributed by atoms with Gasteiger partial charge in [0.1, 0.15) is 0 Å². The van der Waals surface area contributed by atoms with Crippen LogP contribution in [0, 0.1) is 0 Å². The quantitative estimate of drug-likeness (QED) is 0.709. The fraction of sp³-hybridized carbons (Fsp3) is 0.400. The van der Waals surface area contributed by atoms with E-state index in [1.807, 2.05) is 24.4 Å². The first-order chi connectivity index (χ1) is 5.70. The molecule has 12 heavy (non-hydrogen) atoms. The van der Waals surface area contributed by atoms with Crippen LogP contribution in [0.4, 0.5) is 0 Å². The van der Waals surface area contributed by atoms with Crippen molar-refractivity contribution in [3.63, 3.8) is 0 Å². The predicted octanol–water partition coefficient (Wildman–Crippen LogP) is 3.14. The molecular formula is C10H14OS. The van der Waals surface area contributed by atoms with E-state index >= 15 is 0 Å². The van der Waals surface area contributed by atoms with E-state index in [2.05, 4.69) is 6.58 Å². The van der Waals surface area contributed by atoms with Crippen molar-refractivity contribution in [2.45, 2.75) is 25.9 Å². The van der Waals surface area contributed by atoms with E-state index < -0.39 is 0 Å². The van der Waals surface area contributed by atoms with E-state index in [0.29, 0.717) is 0 Å². The number of thiophene rings is 1. The van der Waals surface area contributed by atoms with E-state index in [1.165, 1.54) is 0 Å². The molecule has 2 heteroatoms. The van der Waals surface area contributed by atoms with Crippen molar-refractivity contribution < 1.29 is 5.11 Å². The summed E-state index contributed by atoms with van der Waals surface area (Å²) in [5.41, 5.74) is 1.13. The van der Waals surface area contributed by atoms with Crippen molar-refractivity contribution in [1.82, 2.24) is 0 Å². The van der Waals surface area contributed by atoms with Crippen molar-refractivity contribution in [2.75, 3.05) is 0 Å². The van der Waals surface area contributed by atoms with Crippen molar-refractivity contribution in [2.24, 2.45) is 0 Å². The molecule has 1 aromatic heterocycles. The molecule has 1 aromatic rings. The molecule has 0 spiro atoms. The van der Waals surface area contributed by atoms with Crippen LogP contribution in [0.15, 0.2) is 29.7 Å². The third kappa shape index (κ3) is 2.80. The molecule has 0 fully saturated rings. The highest BCUT2D eigenvalue weighted by Gasteiger charge is 2.07. The highest BCUT2D eigenvalue weighted by atomic mass is 32.1. The number of rotatable bonds is 4. The first-order valence-electron chi connectivity index (χ1n) is 4.06. The van der Waals surface area contributed by atoms with Gasteiger partial charge in [0.2, 0.25) is 0 Å². The zero-order valence-electron chi connectivity index (χ0n) is 7.29. The molecule has 0 aliphatic rings. The topological polar surface area (TPSA) is 20.2 Å². The lowest BCUT2D eigenvalue weighted by atomic mass is 10.1. The lowest BCUT2D eigenvalue weighted by Gasteiger charge is -2.07. The summed E-state index contributed by atoms with van der Waals surface area (Å²) in [4.78, 5) is 1.05. The zero-order chi connectivity index (χ0) is 8.97. The van der Waals surface area contributed by atoms with E-state index in [-0.39, 0.29) is 6.10 Å². The van der Waals surface area contributed by atoms with E-state index in [1.54, 1.807) is 11.3 Å². The Morgan fingerprint density at radius 1 is 1.75 bits per heavy atom. The zero-order valence-corrected chi connectivity index (χ0v) is 8.10. The Hall–Kier alpha value is -0.600. The predicted molar refractivity (Wildman–Crippen MR) is 53.3 cm³/mol. The SMILES string of the molecule is C=C(C)CCC(O)c1cccs1. The normalized spacial score (nSPS) is 12.8. The molecular weight excluding hydrogens is 168 g/mol. The van der Waals surface area contributed by atoms with Gasteiger partial charge >= 0.3 is 0 Å². The van der Waals surface area contributed by atoms with Gasteiger partial charge in [-0.05, 0) is 31.2 Å². The summed E-state index contributed by atoms with van der Waals surface area (Å²) < 4.78 is 0. The molecule has 1 heterocycles. The highest BCUT2D eigenvalue weighted by Crippen LogP contribution is 2.23. The average molecular weight is 182 g/mol. The Morgan fingerprint density at radius 2 is 2.50 bits per heavy atom. The fourth-order valence-electron chi connectivity index (χ4n) is 1.01. The Kier molecular flexibility index (Phi) is 3.50. The summed E-state index contributed by atoms with van der Waals surface area (Å²) in [5, 5.41) is 11.6. The third-order valence-electron chi connectivity index (χ3n) is 1.72. The summed E-state index contributed by atoms with van der Waals surface area (Å²) >= 11 is 1.60. The maximum absolute atomic E-state index is 9.63. The lowest BCUT2D eigenvalue weighted by molar-refractivity contribution is 0.171. The molecule has 0 aliphatic heterocycles. The smallest absolute Gasteiger partial charge is 0.0885 e. The third-order valence-corrected chi connectivity index (χ3v) is 2.69. The van der Waals surface area contributed by atoms with Crippen LogP contribution in [0.1, 0.15) is 30.7 Å². The minimum absolute atomic E-state index is 0.304. The van der Waals surface area contributed by atoms with Crippen LogP contribution in [0.5, 0.6) is 0 Å². The van der Waals surface area contributed by atoms with Gasteiger partial charge in [-0.2, -0.15) is 0 Å². The monoisotopic (exact) mass is 182 g/mol. The van der Waals surface area contributed by atoms with Gasteiger partial charge in [0.05, 0.1) is 6.10 Å². The molecule has 0 bridgehead atoms. The molecule has 0 saturated heterocycles. The lowest BCUT2D eigenvalue weighted by Crippen LogP contribution is -1.93. The van der Waals surface area contributed by atoms with Crippen molar-refractivity contribution in [3.05, 3.63) is 34.5 Å². The van der Waals surface area contributed by atoms with Crippen LogP contribution in [0.25, 0.3) is 0 Å². The number of aliphatic hydroxyl groups is 1. The molecule has 66 valence electrons. The maximum Gasteiger partial charge on any atom is 0.0885 e. The highest BCUT2D eigenvalue weighted by molar-refractivity contribution is 7.10. The van der Waals surface area contributed by atoms with Crippen LogP contribution in [0.2, 0.25) is 0 Å². The van der Waals surface area contributed by atoms with Gasteiger partial charge in [-0.15, -0.1) is 17.9 Å². The summed E-state index contributed by atoms with van der Waals surface area (Å²) in [6.45, 7) is 5.79. The molecule has 1 rings (SSSR count). The molecule has 0 aliphatic carbocycles. The summed E-state index contributed by atoms with van der Waals surface area (Å²) in [7, 11) is 0. The van der Waals surface area contributed by atoms with Crippen LogP contribution < -0.4 is 0 Å². The molecule has 1 nitrogen and oxygen atoms in total. The van der Waals surface area contributed by atoms with Gasteiger partial charge in [0.15, 0.2) is 0 Å². The van der Waals surface area contributed by atoms with Crippen molar-refractivity contribution in [1.29, 1.82) is 0 Å². The minimum Gasteiger partial charge on any atom is -0.388 e. The summed E-state index contributed by atoms with van der Waals surface area (Å²) in [6.07, 6.45) is 1.39. The van der Waals surface area contributed by atoms with E-state index in [4.69, 9.17) is 0 Å². The summed E-state index contributed by atoms with van der Waals surface area (Å²) in [6, 6.07) is 3.93. The van der Waals surface area contributed by atoms with Gasteiger partial charge in [-0.3, -0.25) is 0 Å². The van der Waals surface area contributed by atoms with Gasteiger partial charge in [0, 0.05) is 4.88 Å². The Labute approximate surface area is 77.4 Å². The van der Waals surface area contributed by atoms with Crippen molar-refractivity contribution in [3.8, 4) is 0 Å². The number of aliphatic hydroxyl groups excluding tert-OH is 1. The Morgan fingerprint density at radius 3 is 3.00 bits per heavy atom. The van der Waals surface area contributed by atoms with Gasteiger partial charge in [-0.25, -0.2) is 0 Å². The molecule has 1 N–H and O–H groups in total. The molecule has 0 radical (unpaired) electrons. The number of hydrogen-bond donors (Lipinski definition) is 1. The minimum atomic E-state index is -0.304. The second kappa shape index (κ2) is 4.43. The molecule has 0 amide bonds. The Balaban J connectivity index is 2.39. The second-order valence-electron chi connectivity index (χ2n) is 3.03. The molecule has 1 atom stereocenters. The summed E-state index contributed by atoms with van der Waals surface area (Å²) in [5.74, 6) is 0. The standard InChI is InChI=1S/C10H14OS/c1-8(2)5-6-9(11)10-4-3-7-12-10/h3-4,7,9,11H,1,5-6H2,2H3. The van der Waals surface area contributed by atoms with Crippen LogP contribution in [-0.2, 0) is 0 Å². The first kappa shape index (κ1) is 9.49. The second-order valence-corrected chi connectivity index (χ2v) is 4.01.